The molecule has 2 aromatic rings. The average Bonchev–Trinajstić information content (AvgIpc) is 2.70. The predicted octanol–water partition coefficient (Wildman–Crippen LogP) is 4.10. The van der Waals surface area contributed by atoms with E-state index in [1.165, 1.54) is 4.90 Å². The molecule has 0 spiro atoms. The van der Waals surface area contributed by atoms with Gasteiger partial charge in [0.1, 0.15) is 0 Å². The van der Waals surface area contributed by atoms with E-state index in [2.05, 4.69) is 24.3 Å². The molecule has 108 valence electrons. The number of carbonyl (C=O) groups is 1. The molecule has 3 rings (SSSR count). The summed E-state index contributed by atoms with van der Waals surface area (Å²) in [7, 11) is 0. The Balaban J connectivity index is 1.73. The van der Waals surface area contributed by atoms with Gasteiger partial charge in [-0.2, -0.15) is 0 Å². The normalized spacial score (nSPS) is 16.1. The third kappa shape index (κ3) is 2.58. The van der Waals surface area contributed by atoms with Crippen LogP contribution in [0.15, 0.2) is 59.5 Å². The lowest BCUT2D eigenvalue weighted by molar-refractivity contribution is -0.122. The van der Waals surface area contributed by atoms with Gasteiger partial charge in [0.25, 0.3) is 0 Å². The van der Waals surface area contributed by atoms with E-state index in [4.69, 9.17) is 0 Å². The van der Waals surface area contributed by atoms with E-state index in [1.54, 1.807) is 11.8 Å². The van der Waals surface area contributed by atoms with Crippen molar-refractivity contribution in [2.75, 3.05) is 17.2 Å². The number of nitrogens with zero attached hydrogens (tertiary/aromatic N) is 1. The van der Waals surface area contributed by atoms with Gasteiger partial charge < -0.3 is 4.90 Å². The first-order chi connectivity index (χ1) is 10.1. The topological polar surface area (TPSA) is 20.3 Å². The monoisotopic (exact) mass is 297 g/mol. The highest BCUT2D eigenvalue weighted by Crippen LogP contribution is 2.41. The summed E-state index contributed by atoms with van der Waals surface area (Å²) in [5.74, 6) is 1.11. The molecule has 0 saturated heterocycles. The number of hydrogen-bond acceptors (Lipinski definition) is 2. The van der Waals surface area contributed by atoms with Gasteiger partial charge in [-0.3, -0.25) is 4.79 Å². The molecule has 1 heterocycles. The van der Waals surface area contributed by atoms with Crippen molar-refractivity contribution < 1.29 is 4.79 Å². The summed E-state index contributed by atoms with van der Waals surface area (Å²) in [6.45, 7) is 4.77. The van der Waals surface area contributed by atoms with Gasteiger partial charge in [0.15, 0.2) is 0 Å². The first kappa shape index (κ1) is 14.2. The van der Waals surface area contributed by atoms with Gasteiger partial charge in [0, 0.05) is 22.9 Å². The zero-order chi connectivity index (χ0) is 14.9. The lowest BCUT2D eigenvalue weighted by Crippen LogP contribution is -2.37. The molecule has 1 aliphatic heterocycles. The van der Waals surface area contributed by atoms with Crippen molar-refractivity contribution in [3.05, 3.63) is 60.2 Å². The van der Waals surface area contributed by atoms with Crippen LogP contribution in [0.1, 0.15) is 19.4 Å². The maximum Gasteiger partial charge on any atom is 0.237 e. The van der Waals surface area contributed by atoms with Crippen LogP contribution < -0.4 is 4.90 Å². The van der Waals surface area contributed by atoms with E-state index < -0.39 is 5.41 Å². The molecule has 2 aromatic carbocycles. The number of rotatable bonds is 4. The van der Waals surface area contributed by atoms with E-state index >= 15 is 0 Å². The first-order valence-corrected chi connectivity index (χ1v) is 8.18. The van der Waals surface area contributed by atoms with E-state index in [1.807, 2.05) is 49.1 Å². The van der Waals surface area contributed by atoms with Gasteiger partial charge in [-0.1, -0.05) is 36.4 Å². The lowest BCUT2D eigenvalue weighted by atomic mass is 9.86. The van der Waals surface area contributed by atoms with Crippen LogP contribution in [0.25, 0.3) is 0 Å². The summed E-state index contributed by atoms with van der Waals surface area (Å²) >= 11 is 1.79. The summed E-state index contributed by atoms with van der Waals surface area (Å²) in [6.07, 6.45) is 0. The number of carbonyl (C=O) groups excluding carboxylic acids is 1. The summed E-state index contributed by atoms with van der Waals surface area (Å²) in [6, 6.07) is 18.5. The van der Waals surface area contributed by atoms with Gasteiger partial charge in [0.05, 0.1) is 5.41 Å². The minimum absolute atomic E-state index is 0.206. The smallest absolute Gasteiger partial charge is 0.237 e. The molecule has 0 bridgehead atoms. The SMILES string of the molecule is CC1(C)C(=O)N(CCSc2ccccc2)c2ccccc21. The molecule has 21 heavy (non-hydrogen) atoms. The predicted molar refractivity (Wildman–Crippen MR) is 89.0 cm³/mol. The van der Waals surface area contributed by atoms with Crippen LogP contribution >= 0.6 is 11.8 Å². The fourth-order valence-corrected chi connectivity index (χ4v) is 3.65. The molecule has 3 heteroatoms. The lowest BCUT2D eigenvalue weighted by Gasteiger charge is -2.20. The van der Waals surface area contributed by atoms with Crippen molar-refractivity contribution in [3.63, 3.8) is 0 Å². The van der Waals surface area contributed by atoms with Crippen molar-refractivity contribution in [2.24, 2.45) is 0 Å². The Morgan fingerprint density at radius 1 is 1.00 bits per heavy atom. The second kappa shape index (κ2) is 5.57. The Labute approximate surface area is 130 Å². The van der Waals surface area contributed by atoms with E-state index in [0.29, 0.717) is 0 Å². The van der Waals surface area contributed by atoms with E-state index in [0.717, 1.165) is 23.5 Å². The molecule has 0 fully saturated rings. The number of thioether (sulfide) groups is 1. The molecule has 0 N–H and O–H groups in total. The van der Waals surface area contributed by atoms with Crippen LogP contribution in [0.5, 0.6) is 0 Å². The molecular formula is C18H19NOS. The van der Waals surface area contributed by atoms with Crippen LogP contribution in [0.3, 0.4) is 0 Å². The third-order valence-corrected chi connectivity index (χ3v) is 4.97. The first-order valence-electron chi connectivity index (χ1n) is 7.20. The quantitative estimate of drug-likeness (QED) is 0.792. The van der Waals surface area contributed by atoms with Crippen molar-refractivity contribution in [1.29, 1.82) is 0 Å². The van der Waals surface area contributed by atoms with Crippen LogP contribution in [-0.2, 0) is 10.2 Å². The van der Waals surface area contributed by atoms with E-state index in [-0.39, 0.29) is 5.91 Å². The fraction of sp³-hybridized carbons (Fsp3) is 0.278. The number of amides is 1. The Morgan fingerprint density at radius 2 is 1.67 bits per heavy atom. The minimum Gasteiger partial charge on any atom is -0.311 e. The van der Waals surface area contributed by atoms with Gasteiger partial charge in [0.2, 0.25) is 5.91 Å². The maximum atomic E-state index is 12.6. The number of benzene rings is 2. The Hall–Kier alpha value is -1.74. The zero-order valence-electron chi connectivity index (χ0n) is 12.4. The molecule has 0 aliphatic carbocycles. The zero-order valence-corrected chi connectivity index (χ0v) is 13.2. The molecule has 0 aromatic heterocycles. The van der Waals surface area contributed by atoms with Gasteiger partial charge in [-0.25, -0.2) is 0 Å². The van der Waals surface area contributed by atoms with Gasteiger partial charge in [-0.15, -0.1) is 11.8 Å². The molecule has 2 nitrogen and oxygen atoms in total. The molecular weight excluding hydrogens is 278 g/mol. The van der Waals surface area contributed by atoms with Crippen LogP contribution in [0.2, 0.25) is 0 Å². The number of hydrogen-bond donors (Lipinski definition) is 0. The second-order valence-corrected chi connectivity index (χ2v) is 6.93. The Kier molecular flexibility index (Phi) is 3.77. The number of para-hydroxylation sites is 1. The van der Waals surface area contributed by atoms with Gasteiger partial charge in [-0.05, 0) is 37.6 Å². The summed E-state index contributed by atoms with van der Waals surface area (Å²) in [5.41, 5.74) is 1.80. The van der Waals surface area contributed by atoms with Crippen molar-refractivity contribution >= 4 is 23.4 Å². The molecule has 0 radical (unpaired) electrons. The summed E-state index contributed by atoms with van der Waals surface area (Å²) in [5, 5.41) is 0. The molecule has 0 saturated carbocycles. The number of fused-ring (bicyclic) bond motifs is 1. The van der Waals surface area contributed by atoms with Crippen molar-refractivity contribution in [2.45, 2.75) is 24.2 Å². The van der Waals surface area contributed by atoms with Crippen molar-refractivity contribution in [1.82, 2.24) is 0 Å². The highest BCUT2D eigenvalue weighted by atomic mass is 32.2. The third-order valence-electron chi connectivity index (χ3n) is 3.97. The van der Waals surface area contributed by atoms with Gasteiger partial charge >= 0.3 is 0 Å². The Morgan fingerprint density at radius 3 is 2.43 bits per heavy atom. The van der Waals surface area contributed by atoms with E-state index in [9.17, 15) is 4.79 Å². The average molecular weight is 297 g/mol. The highest BCUT2D eigenvalue weighted by Gasteiger charge is 2.43. The standard InChI is InChI=1S/C18H19NOS/c1-18(2)15-10-6-7-11-16(15)19(17(18)20)12-13-21-14-8-4-3-5-9-14/h3-11H,12-13H2,1-2H3. The van der Waals surface area contributed by atoms with Crippen molar-refractivity contribution in [3.8, 4) is 0 Å². The van der Waals surface area contributed by atoms with Crippen LogP contribution in [0.4, 0.5) is 5.69 Å². The minimum atomic E-state index is -0.409. The fourth-order valence-electron chi connectivity index (χ4n) is 2.79. The summed E-state index contributed by atoms with van der Waals surface area (Å²) in [4.78, 5) is 15.8. The highest BCUT2D eigenvalue weighted by molar-refractivity contribution is 7.99. The maximum absolute atomic E-state index is 12.6. The summed E-state index contributed by atoms with van der Waals surface area (Å²) < 4.78 is 0. The van der Waals surface area contributed by atoms with Crippen LogP contribution in [-0.4, -0.2) is 18.2 Å². The molecule has 1 aliphatic rings. The number of anilines is 1. The second-order valence-electron chi connectivity index (χ2n) is 5.76. The molecule has 1 amide bonds. The molecule has 0 atom stereocenters. The molecule has 0 unspecified atom stereocenters. The largest absolute Gasteiger partial charge is 0.311 e. The van der Waals surface area contributed by atoms with Crippen LogP contribution in [0, 0.1) is 0 Å². The Bertz CT molecular complexity index is 651.